The van der Waals surface area contributed by atoms with Crippen LogP contribution in [0.3, 0.4) is 0 Å². The van der Waals surface area contributed by atoms with Gasteiger partial charge in [-0.3, -0.25) is 9.48 Å². The van der Waals surface area contributed by atoms with E-state index < -0.39 is 0 Å². The highest BCUT2D eigenvalue weighted by Gasteiger charge is 2.24. The molecule has 1 unspecified atom stereocenters. The quantitative estimate of drug-likeness (QED) is 0.353. The number of anilines is 2. The lowest BCUT2D eigenvalue weighted by Gasteiger charge is -2.19. The molecule has 0 saturated heterocycles. The number of nitrogens with zero attached hydrogens (tertiary/aromatic N) is 7. The summed E-state index contributed by atoms with van der Waals surface area (Å²) < 4.78 is 3.59. The van der Waals surface area contributed by atoms with E-state index in [1.54, 1.807) is 23.3 Å². The molecular formula is C27H34N10O. The van der Waals surface area contributed by atoms with Gasteiger partial charge >= 0.3 is 0 Å². The Morgan fingerprint density at radius 1 is 1.18 bits per heavy atom. The van der Waals surface area contributed by atoms with Crippen molar-refractivity contribution in [3.63, 3.8) is 0 Å². The molecule has 1 aromatic carbocycles. The molecule has 198 valence electrons. The van der Waals surface area contributed by atoms with Crippen molar-refractivity contribution in [1.29, 1.82) is 0 Å². The third-order valence-electron chi connectivity index (χ3n) is 6.50. The van der Waals surface area contributed by atoms with Crippen LogP contribution in [0.25, 0.3) is 11.3 Å². The number of hydrogen-bond donors (Lipinski definition) is 3. The van der Waals surface area contributed by atoms with Gasteiger partial charge in [-0.15, -0.1) is 5.10 Å². The summed E-state index contributed by atoms with van der Waals surface area (Å²) in [5.41, 5.74) is 4.91. The average molecular weight is 515 g/mol. The Labute approximate surface area is 222 Å². The van der Waals surface area contributed by atoms with Gasteiger partial charge < -0.3 is 16.0 Å². The molecule has 1 amide bonds. The van der Waals surface area contributed by atoms with Gasteiger partial charge in [0.2, 0.25) is 5.95 Å². The molecule has 38 heavy (non-hydrogen) atoms. The number of amides is 1. The highest BCUT2D eigenvalue weighted by molar-refractivity contribution is 5.92. The van der Waals surface area contributed by atoms with E-state index in [1.165, 1.54) is 0 Å². The van der Waals surface area contributed by atoms with Crippen molar-refractivity contribution in [2.75, 3.05) is 11.9 Å². The summed E-state index contributed by atoms with van der Waals surface area (Å²) in [6.45, 7) is 11.7. The molecule has 5 rings (SSSR count). The van der Waals surface area contributed by atoms with E-state index in [0.717, 1.165) is 41.0 Å². The molecule has 4 aromatic rings. The fourth-order valence-corrected chi connectivity index (χ4v) is 4.35. The number of benzene rings is 1. The number of carbonyl (C=O) groups excluding carboxylic acids is 1. The molecule has 1 aliphatic rings. The number of rotatable bonds is 6. The SMILES string of the molecule is CC(C)n1cc(Nc2nccc(-c3ccc4c(c3)CNCCC4NC(=O)c3cn(C(C)(C)C)nn3)n2)cn1. The van der Waals surface area contributed by atoms with Crippen LogP contribution in [-0.4, -0.2) is 47.2 Å². The van der Waals surface area contributed by atoms with Gasteiger partial charge in [-0.1, -0.05) is 17.3 Å². The molecule has 3 aromatic heterocycles. The van der Waals surface area contributed by atoms with Gasteiger partial charge in [-0.25, -0.2) is 14.6 Å². The Morgan fingerprint density at radius 3 is 2.76 bits per heavy atom. The monoisotopic (exact) mass is 514 g/mol. The van der Waals surface area contributed by atoms with Crippen LogP contribution in [0.5, 0.6) is 0 Å². The highest BCUT2D eigenvalue weighted by Crippen LogP contribution is 2.29. The van der Waals surface area contributed by atoms with Crippen LogP contribution < -0.4 is 16.0 Å². The normalized spacial score (nSPS) is 15.7. The van der Waals surface area contributed by atoms with Crippen LogP contribution in [0.2, 0.25) is 0 Å². The standard InChI is InChI=1S/C27H34N10O/c1-17(2)36-15-20(14-30-36)31-26-29-11-9-22(33-26)18-6-7-21-19(12-18)13-28-10-8-23(21)32-25(38)24-16-37(35-34-24)27(3,4)5/h6-7,9,11-12,14-17,23,28H,8,10,13H2,1-5H3,(H,32,38)(H,29,31,33). The van der Waals surface area contributed by atoms with Gasteiger partial charge in [0.15, 0.2) is 5.69 Å². The number of fused-ring (bicyclic) bond motifs is 1. The van der Waals surface area contributed by atoms with Crippen molar-refractivity contribution in [3.8, 4) is 11.3 Å². The maximum absolute atomic E-state index is 13.0. The molecule has 11 heteroatoms. The predicted molar refractivity (Wildman–Crippen MR) is 145 cm³/mol. The molecule has 3 N–H and O–H groups in total. The summed E-state index contributed by atoms with van der Waals surface area (Å²) in [5, 5.41) is 22.4. The maximum Gasteiger partial charge on any atom is 0.273 e. The van der Waals surface area contributed by atoms with Gasteiger partial charge in [-0.2, -0.15) is 5.10 Å². The van der Waals surface area contributed by atoms with E-state index in [-0.39, 0.29) is 23.5 Å². The zero-order valence-electron chi connectivity index (χ0n) is 22.4. The zero-order valence-corrected chi connectivity index (χ0v) is 22.4. The van der Waals surface area contributed by atoms with Gasteiger partial charge in [0, 0.05) is 30.5 Å². The minimum Gasteiger partial charge on any atom is -0.344 e. The number of nitrogens with one attached hydrogen (secondary N) is 3. The van der Waals surface area contributed by atoms with Crippen molar-refractivity contribution in [1.82, 2.24) is 45.4 Å². The van der Waals surface area contributed by atoms with Crippen LogP contribution in [-0.2, 0) is 12.1 Å². The minimum absolute atomic E-state index is 0.138. The number of aromatic nitrogens is 7. The van der Waals surface area contributed by atoms with Gasteiger partial charge in [-0.05, 0) is 70.8 Å². The molecular weight excluding hydrogens is 480 g/mol. The van der Waals surface area contributed by atoms with E-state index >= 15 is 0 Å². The van der Waals surface area contributed by atoms with E-state index in [2.05, 4.69) is 62.3 Å². The Bertz CT molecular complexity index is 1430. The van der Waals surface area contributed by atoms with E-state index in [1.807, 2.05) is 43.8 Å². The smallest absolute Gasteiger partial charge is 0.273 e. The maximum atomic E-state index is 13.0. The van der Waals surface area contributed by atoms with Crippen LogP contribution in [0, 0.1) is 0 Å². The molecule has 0 saturated carbocycles. The fraction of sp³-hybridized carbons (Fsp3) is 0.407. The minimum atomic E-state index is -0.243. The van der Waals surface area contributed by atoms with Crippen molar-refractivity contribution in [2.45, 2.75) is 65.2 Å². The molecule has 0 aliphatic carbocycles. The number of carbonyl (C=O) groups is 1. The third-order valence-corrected chi connectivity index (χ3v) is 6.50. The molecule has 4 heterocycles. The van der Waals surface area contributed by atoms with E-state index in [9.17, 15) is 4.79 Å². The Balaban J connectivity index is 1.35. The first-order valence-electron chi connectivity index (χ1n) is 12.9. The lowest BCUT2D eigenvalue weighted by Crippen LogP contribution is -2.30. The first-order chi connectivity index (χ1) is 18.2. The summed E-state index contributed by atoms with van der Waals surface area (Å²) in [7, 11) is 0. The first-order valence-corrected chi connectivity index (χ1v) is 12.9. The van der Waals surface area contributed by atoms with Crippen LogP contribution in [0.1, 0.15) is 74.7 Å². The van der Waals surface area contributed by atoms with Crippen molar-refractivity contribution in [2.24, 2.45) is 0 Å². The summed E-state index contributed by atoms with van der Waals surface area (Å²) in [4.78, 5) is 22.1. The second kappa shape index (κ2) is 10.3. The first kappa shape index (κ1) is 25.5. The summed E-state index contributed by atoms with van der Waals surface area (Å²) in [5.74, 6) is 0.280. The summed E-state index contributed by atoms with van der Waals surface area (Å²) >= 11 is 0. The average Bonchev–Trinajstić information content (AvgIpc) is 3.52. The Morgan fingerprint density at radius 2 is 2.03 bits per heavy atom. The molecule has 0 fully saturated rings. The topological polar surface area (TPSA) is 127 Å². The van der Waals surface area contributed by atoms with Crippen molar-refractivity contribution < 1.29 is 4.79 Å². The molecule has 1 atom stereocenters. The Kier molecular flexibility index (Phi) is 6.94. The van der Waals surface area contributed by atoms with Crippen LogP contribution in [0.4, 0.5) is 11.6 Å². The predicted octanol–water partition coefficient (Wildman–Crippen LogP) is 3.98. The number of hydrogen-bond acceptors (Lipinski definition) is 8. The van der Waals surface area contributed by atoms with Crippen molar-refractivity contribution >= 4 is 17.5 Å². The van der Waals surface area contributed by atoms with Gasteiger partial charge in [0.05, 0.1) is 35.4 Å². The molecule has 11 nitrogen and oxygen atoms in total. The zero-order chi connectivity index (χ0) is 26.9. The van der Waals surface area contributed by atoms with Crippen LogP contribution in [0.15, 0.2) is 49.1 Å². The second-order valence-electron chi connectivity index (χ2n) is 10.8. The highest BCUT2D eigenvalue weighted by atomic mass is 16.2. The lowest BCUT2D eigenvalue weighted by atomic mass is 9.96. The van der Waals surface area contributed by atoms with Gasteiger partial charge in [0.25, 0.3) is 5.91 Å². The summed E-state index contributed by atoms with van der Waals surface area (Å²) in [6.07, 6.45) is 7.92. The van der Waals surface area contributed by atoms with E-state index in [0.29, 0.717) is 18.2 Å². The summed E-state index contributed by atoms with van der Waals surface area (Å²) in [6, 6.07) is 8.29. The molecule has 0 spiro atoms. The molecule has 1 aliphatic heterocycles. The lowest BCUT2D eigenvalue weighted by molar-refractivity contribution is 0.0930. The van der Waals surface area contributed by atoms with Crippen molar-refractivity contribution in [3.05, 3.63) is 65.9 Å². The molecule has 0 radical (unpaired) electrons. The Hall–Kier alpha value is -4.12. The van der Waals surface area contributed by atoms with Crippen LogP contribution >= 0.6 is 0 Å². The third kappa shape index (κ3) is 5.57. The fourth-order valence-electron chi connectivity index (χ4n) is 4.35. The largest absolute Gasteiger partial charge is 0.344 e. The van der Waals surface area contributed by atoms with Gasteiger partial charge in [0.1, 0.15) is 0 Å². The second-order valence-corrected chi connectivity index (χ2v) is 10.8. The molecule has 0 bridgehead atoms. The van der Waals surface area contributed by atoms with E-state index in [4.69, 9.17) is 4.98 Å².